The first-order valence-corrected chi connectivity index (χ1v) is 11.8. The van der Waals surface area contributed by atoms with Crippen molar-refractivity contribution in [3.8, 4) is 5.75 Å². The lowest BCUT2D eigenvalue weighted by molar-refractivity contribution is -0.115. The summed E-state index contributed by atoms with van der Waals surface area (Å²) in [4.78, 5) is 12.9. The van der Waals surface area contributed by atoms with E-state index in [2.05, 4.69) is 18.7 Å². The molecule has 3 rings (SSSR count). The van der Waals surface area contributed by atoms with Gasteiger partial charge in [-0.15, -0.1) is 0 Å². The number of rotatable bonds is 11. The second kappa shape index (κ2) is 12.0. The maximum absolute atomic E-state index is 12.9. The maximum Gasteiger partial charge on any atom is 0.168 e. The van der Waals surface area contributed by atoms with Gasteiger partial charge in [-0.1, -0.05) is 96.1 Å². The van der Waals surface area contributed by atoms with Crippen LogP contribution in [0.4, 0.5) is 0 Å². The van der Waals surface area contributed by atoms with Crippen molar-refractivity contribution in [3.63, 3.8) is 0 Å². The number of nitrogens with one attached hydrogen (secondary N) is 1. The van der Waals surface area contributed by atoms with Gasteiger partial charge in [-0.05, 0) is 50.5 Å². The third kappa shape index (κ3) is 6.80. The summed E-state index contributed by atoms with van der Waals surface area (Å²) in [5.41, 5.74) is 4.50. The zero-order valence-electron chi connectivity index (χ0n) is 20.8. The van der Waals surface area contributed by atoms with Crippen molar-refractivity contribution >= 4 is 6.29 Å². The molecule has 0 aliphatic rings. The average Bonchev–Trinajstić information content (AvgIpc) is 2.88. The summed E-state index contributed by atoms with van der Waals surface area (Å²) in [5, 5.41) is 8.95. The van der Waals surface area contributed by atoms with E-state index < -0.39 is 5.54 Å². The van der Waals surface area contributed by atoms with Crippen LogP contribution in [0.15, 0.2) is 109 Å². The van der Waals surface area contributed by atoms with Crippen molar-refractivity contribution in [2.45, 2.75) is 45.8 Å². The molecule has 1 atom stereocenters. The molecule has 0 spiro atoms. The Hall–Kier alpha value is -3.92. The molecule has 0 aliphatic heterocycles. The number of allylic oxidation sites excluding steroid dienone is 5. The summed E-state index contributed by atoms with van der Waals surface area (Å²) in [7, 11) is 0. The third-order valence-corrected chi connectivity index (χ3v) is 6.06. The van der Waals surface area contributed by atoms with Gasteiger partial charge in [0.25, 0.3) is 0 Å². The Morgan fingerprint density at radius 1 is 1.00 bits per heavy atom. The highest BCUT2D eigenvalue weighted by Crippen LogP contribution is 2.28. The van der Waals surface area contributed by atoms with Gasteiger partial charge in [-0.3, -0.25) is 5.41 Å². The van der Waals surface area contributed by atoms with Gasteiger partial charge >= 0.3 is 0 Å². The highest BCUT2D eigenvalue weighted by molar-refractivity contribution is 5.64. The van der Waals surface area contributed by atoms with E-state index in [-0.39, 0.29) is 5.49 Å². The SMILES string of the molecule is C=C/C(C)=C\C=C(/C)CC(C=O)(Cc1ccc(C)cc1)n1cccc(OCc2ccccc2)c1=N. The molecule has 0 bridgehead atoms. The van der Waals surface area contributed by atoms with E-state index in [1.54, 1.807) is 22.9 Å². The van der Waals surface area contributed by atoms with Crippen LogP contribution in [0.25, 0.3) is 0 Å². The van der Waals surface area contributed by atoms with Gasteiger partial charge in [0.15, 0.2) is 11.2 Å². The van der Waals surface area contributed by atoms with Crippen LogP contribution < -0.4 is 10.2 Å². The number of aldehydes is 1. The van der Waals surface area contributed by atoms with E-state index in [1.165, 1.54) is 0 Å². The fourth-order valence-electron chi connectivity index (χ4n) is 4.03. The minimum absolute atomic E-state index is 0.174. The van der Waals surface area contributed by atoms with Gasteiger partial charge in [0.2, 0.25) is 0 Å². The van der Waals surface area contributed by atoms with E-state index in [1.807, 2.05) is 81.5 Å². The number of hydrogen-bond donors (Lipinski definition) is 1. The largest absolute Gasteiger partial charge is 0.485 e. The van der Waals surface area contributed by atoms with Crippen LogP contribution in [0.5, 0.6) is 5.75 Å². The van der Waals surface area contributed by atoms with E-state index in [4.69, 9.17) is 10.1 Å². The standard InChI is InChI=1S/C31H34N2O2/c1-5-24(2)13-14-26(4)20-31(23-34,21-27-17-15-25(3)16-18-27)33-19-9-12-29(30(33)32)35-22-28-10-7-6-8-11-28/h5-19,23,32H,1,20-22H2,2-4H3/b24-13-,26-14+,32-30?. The predicted octanol–water partition coefficient (Wildman–Crippen LogP) is 6.46. The van der Waals surface area contributed by atoms with Crippen LogP contribution in [0.2, 0.25) is 0 Å². The summed E-state index contributed by atoms with van der Waals surface area (Å²) < 4.78 is 7.76. The number of hydrogen-bond acceptors (Lipinski definition) is 3. The first-order chi connectivity index (χ1) is 16.9. The van der Waals surface area contributed by atoms with Crippen molar-refractivity contribution in [1.82, 2.24) is 4.57 Å². The molecule has 1 unspecified atom stereocenters. The fraction of sp³-hybridized carbons (Fsp3) is 0.226. The molecule has 4 heteroatoms. The summed E-state index contributed by atoms with van der Waals surface area (Å²) in [5.74, 6) is 0.440. The van der Waals surface area contributed by atoms with Gasteiger partial charge in [0, 0.05) is 12.6 Å². The Bertz CT molecular complexity index is 1270. The van der Waals surface area contributed by atoms with E-state index >= 15 is 0 Å². The van der Waals surface area contributed by atoms with Crippen LogP contribution in [-0.2, 0) is 23.4 Å². The highest BCUT2D eigenvalue weighted by Gasteiger charge is 2.33. The molecule has 0 amide bonds. The van der Waals surface area contributed by atoms with E-state index in [0.29, 0.717) is 25.2 Å². The number of pyridine rings is 1. The molecule has 1 heterocycles. The Balaban J connectivity index is 2.03. The number of ether oxygens (including phenoxy) is 1. The molecule has 2 aromatic carbocycles. The summed E-state index contributed by atoms with van der Waals surface area (Å²) >= 11 is 0. The fourth-order valence-corrected chi connectivity index (χ4v) is 4.03. The number of carbonyl (C=O) groups excluding carboxylic acids is 1. The first-order valence-electron chi connectivity index (χ1n) is 11.8. The number of aryl methyl sites for hydroxylation is 1. The number of nitrogens with zero attached hydrogens (tertiary/aromatic N) is 1. The molecule has 0 fully saturated rings. The van der Waals surface area contributed by atoms with Crippen LogP contribution in [-0.4, -0.2) is 10.9 Å². The van der Waals surface area contributed by atoms with Gasteiger partial charge in [0.05, 0.1) is 0 Å². The second-order valence-corrected chi connectivity index (χ2v) is 9.05. The maximum atomic E-state index is 12.9. The van der Waals surface area contributed by atoms with E-state index in [9.17, 15) is 4.79 Å². The molecule has 1 aromatic heterocycles. The normalized spacial score (nSPS) is 13.7. The topological polar surface area (TPSA) is 55.1 Å². The second-order valence-electron chi connectivity index (χ2n) is 9.05. The van der Waals surface area contributed by atoms with Gasteiger partial charge in [-0.25, -0.2) is 0 Å². The molecule has 1 N–H and O–H groups in total. The summed E-state index contributed by atoms with van der Waals surface area (Å²) in [6.07, 6.45) is 9.52. The lowest BCUT2D eigenvalue weighted by atomic mass is 9.85. The predicted molar refractivity (Wildman–Crippen MR) is 142 cm³/mol. The monoisotopic (exact) mass is 466 g/mol. The lowest BCUT2D eigenvalue weighted by Crippen LogP contribution is -2.44. The van der Waals surface area contributed by atoms with Crippen molar-refractivity contribution in [2.75, 3.05) is 0 Å². The molecule has 3 aromatic rings. The zero-order chi connectivity index (χ0) is 25.3. The first kappa shape index (κ1) is 25.7. The molecule has 0 aliphatic carbocycles. The summed E-state index contributed by atoms with van der Waals surface area (Å²) in [6.45, 7) is 10.2. The van der Waals surface area contributed by atoms with Gasteiger partial charge in [0.1, 0.15) is 18.4 Å². The third-order valence-electron chi connectivity index (χ3n) is 6.06. The smallest absolute Gasteiger partial charge is 0.168 e. The van der Waals surface area contributed by atoms with Crippen LogP contribution in [0.3, 0.4) is 0 Å². The molecule has 180 valence electrons. The number of carbonyl (C=O) groups is 1. The average molecular weight is 467 g/mol. The molecule has 0 saturated heterocycles. The van der Waals surface area contributed by atoms with Crippen molar-refractivity contribution in [3.05, 3.63) is 131 Å². The lowest BCUT2D eigenvalue weighted by Gasteiger charge is -2.32. The zero-order valence-corrected chi connectivity index (χ0v) is 20.8. The number of aromatic nitrogens is 1. The summed E-state index contributed by atoms with van der Waals surface area (Å²) in [6, 6.07) is 21.7. The van der Waals surface area contributed by atoms with Crippen LogP contribution >= 0.6 is 0 Å². The molecule has 0 radical (unpaired) electrons. The quantitative estimate of drug-likeness (QED) is 0.260. The Labute approximate surface area is 208 Å². The molecule has 0 saturated carbocycles. The number of benzene rings is 2. The van der Waals surface area contributed by atoms with Gasteiger partial charge < -0.3 is 14.1 Å². The Morgan fingerprint density at radius 3 is 2.37 bits per heavy atom. The molecular weight excluding hydrogens is 432 g/mol. The van der Waals surface area contributed by atoms with E-state index in [0.717, 1.165) is 34.1 Å². The minimum Gasteiger partial charge on any atom is -0.485 e. The van der Waals surface area contributed by atoms with Crippen molar-refractivity contribution < 1.29 is 9.53 Å². The highest BCUT2D eigenvalue weighted by atomic mass is 16.5. The molecule has 4 nitrogen and oxygen atoms in total. The molecule has 35 heavy (non-hydrogen) atoms. The van der Waals surface area contributed by atoms with Gasteiger partial charge in [-0.2, -0.15) is 0 Å². The minimum atomic E-state index is -0.977. The Morgan fingerprint density at radius 2 is 1.71 bits per heavy atom. The Kier molecular flexibility index (Phi) is 8.80. The molecular formula is C31H34N2O2. The van der Waals surface area contributed by atoms with Crippen molar-refractivity contribution in [1.29, 1.82) is 5.41 Å². The van der Waals surface area contributed by atoms with Crippen LogP contribution in [0.1, 0.15) is 37.0 Å². The van der Waals surface area contributed by atoms with Crippen molar-refractivity contribution in [2.24, 2.45) is 0 Å². The van der Waals surface area contributed by atoms with Crippen LogP contribution in [0, 0.1) is 12.3 Å².